The van der Waals surface area contributed by atoms with Gasteiger partial charge in [0.25, 0.3) is 5.91 Å². The number of benzene rings is 2. The molecular weight excluding hydrogens is 270 g/mol. The average molecular weight is 285 g/mol. The van der Waals surface area contributed by atoms with E-state index in [9.17, 15) is 9.59 Å². The molecule has 108 valence electrons. The maximum Gasteiger partial charge on any atom is 0.338 e. The third-order valence-electron chi connectivity index (χ3n) is 2.72. The lowest BCUT2D eigenvalue weighted by atomic mass is 10.2. The summed E-state index contributed by atoms with van der Waals surface area (Å²) in [6.45, 7) is -0.355. The first-order chi connectivity index (χ1) is 10.2. The molecule has 0 aliphatic carbocycles. The minimum absolute atomic E-state index is 0.355. The topological polar surface area (TPSA) is 64.6 Å². The van der Waals surface area contributed by atoms with Gasteiger partial charge in [-0.3, -0.25) is 4.79 Å². The number of anilines is 1. The minimum Gasteiger partial charge on any atom is -0.495 e. The Bertz CT molecular complexity index is 625. The van der Waals surface area contributed by atoms with Crippen LogP contribution in [0.25, 0.3) is 0 Å². The predicted octanol–water partition coefficient (Wildman–Crippen LogP) is 2.49. The highest BCUT2D eigenvalue weighted by Crippen LogP contribution is 2.22. The van der Waals surface area contributed by atoms with Crippen molar-refractivity contribution >= 4 is 17.6 Å². The van der Waals surface area contributed by atoms with E-state index in [1.165, 1.54) is 7.11 Å². The zero-order chi connectivity index (χ0) is 15.1. The number of esters is 1. The number of amides is 1. The minimum atomic E-state index is -0.536. The smallest absolute Gasteiger partial charge is 0.338 e. The Morgan fingerprint density at radius 2 is 1.67 bits per heavy atom. The molecule has 1 amide bonds. The average Bonchev–Trinajstić information content (AvgIpc) is 2.54. The van der Waals surface area contributed by atoms with Gasteiger partial charge in [0.15, 0.2) is 6.61 Å². The Hall–Kier alpha value is -2.82. The summed E-state index contributed by atoms with van der Waals surface area (Å²) in [5, 5.41) is 2.63. The van der Waals surface area contributed by atoms with Crippen LogP contribution in [-0.2, 0) is 9.53 Å². The standard InChI is InChI=1S/C16H15NO4/c1-20-14-10-6-5-9-13(14)17-15(18)11-21-16(19)12-7-3-2-4-8-12/h2-10H,11H2,1H3,(H,17,18). The van der Waals surface area contributed by atoms with Gasteiger partial charge >= 0.3 is 5.97 Å². The molecule has 0 saturated heterocycles. The fourth-order valence-corrected chi connectivity index (χ4v) is 1.72. The Morgan fingerprint density at radius 3 is 2.38 bits per heavy atom. The maximum absolute atomic E-state index is 11.8. The second kappa shape index (κ2) is 7.09. The van der Waals surface area contributed by atoms with Crippen LogP contribution in [0.3, 0.4) is 0 Å². The van der Waals surface area contributed by atoms with Gasteiger partial charge in [0.05, 0.1) is 18.4 Å². The summed E-state index contributed by atoms with van der Waals surface area (Å²) >= 11 is 0. The first-order valence-corrected chi connectivity index (χ1v) is 6.36. The van der Waals surface area contributed by atoms with E-state index in [1.807, 2.05) is 0 Å². The zero-order valence-corrected chi connectivity index (χ0v) is 11.5. The van der Waals surface area contributed by atoms with Crippen molar-refractivity contribution in [3.05, 3.63) is 60.2 Å². The van der Waals surface area contributed by atoms with E-state index >= 15 is 0 Å². The second-order valence-corrected chi connectivity index (χ2v) is 4.19. The summed E-state index contributed by atoms with van der Waals surface area (Å²) in [6.07, 6.45) is 0. The van der Waals surface area contributed by atoms with Crippen LogP contribution in [0, 0.1) is 0 Å². The van der Waals surface area contributed by atoms with Crippen LogP contribution in [0.2, 0.25) is 0 Å². The van der Waals surface area contributed by atoms with Crippen LogP contribution < -0.4 is 10.1 Å². The molecule has 0 saturated carbocycles. The lowest BCUT2D eigenvalue weighted by molar-refractivity contribution is -0.119. The predicted molar refractivity (Wildman–Crippen MR) is 78.3 cm³/mol. The molecule has 0 aliphatic rings. The Morgan fingerprint density at radius 1 is 1.00 bits per heavy atom. The second-order valence-electron chi connectivity index (χ2n) is 4.19. The number of nitrogens with one attached hydrogen (secondary N) is 1. The van der Waals surface area contributed by atoms with Crippen molar-refractivity contribution in [3.8, 4) is 5.75 Å². The quantitative estimate of drug-likeness (QED) is 0.857. The molecule has 0 bridgehead atoms. The highest BCUT2D eigenvalue weighted by atomic mass is 16.5. The van der Waals surface area contributed by atoms with Gasteiger partial charge in [-0.15, -0.1) is 0 Å². The summed E-state index contributed by atoms with van der Waals surface area (Å²) < 4.78 is 10.1. The fraction of sp³-hybridized carbons (Fsp3) is 0.125. The first kappa shape index (κ1) is 14.6. The maximum atomic E-state index is 11.8. The number of carbonyl (C=O) groups excluding carboxylic acids is 2. The van der Waals surface area contributed by atoms with Crippen LogP contribution >= 0.6 is 0 Å². The molecule has 5 nitrogen and oxygen atoms in total. The number of rotatable bonds is 5. The molecule has 21 heavy (non-hydrogen) atoms. The SMILES string of the molecule is COc1ccccc1NC(=O)COC(=O)c1ccccc1. The molecule has 2 aromatic rings. The molecule has 0 unspecified atom stereocenters. The van der Waals surface area contributed by atoms with Crippen LogP contribution in [0.1, 0.15) is 10.4 Å². The summed E-state index contributed by atoms with van der Waals surface area (Å²) in [5.74, 6) is -0.421. The van der Waals surface area contributed by atoms with Crippen molar-refractivity contribution in [2.45, 2.75) is 0 Å². The van der Waals surface area contributed by atoms with Crippen LogP contribution in [0.4, 0.5) is 5.69 Å². The first-order valence-electron chi connectivity index (χ1n) is 6.36. The molecule has 2 aromatic carbocycles. The molecule has 0 radical (unpaired) electrons. The summed E-state index contributed by atoms with van der Waals surface area (Å²) in [5.41, 5.74) is 0.934. The number of para-hydroxylation sites is 2. The van der Waals surface area contributed by atoms with Crippen molar-refractivity contribution in [3.63, 3.8) is 0 Å². The van der Waals surface area contributed by atoms with E-state index in [4.69, 9.17) is 9.47 Å². The van der Waals surface area contributed by atoms with E-state index in [0.717, 1.165) is 0 Å². The van der Waals surface area contributed by atoms with Gasteiger partial charge in [0.1, 0.15) is 5.75 Å². The third-order valence-corrected chi connectivity index (χ3v) is 2.72. The Balaban J connectivity index is 1.89. The van der Waals surface area contributed by atoms with Gasteiger partial charge in [-0.1, -0.05) is 30.3 Å². The van der Waals surface area contributed by atoms with Crippen molar-refractivity contribution in [1.82, 2.24) is 0 Å². The lowest BCUT2D eigenvalue weighted by Crippen LogP contribution is -2.21. The van der Waals surface area contributed by atoms with E-state index in [0.29, 0.717) is 17.0 Å². The summed E-state index contributed by atoms with van der Waals surface area (Å²) in [4.78, 5) is 23.5. The molecule has 0 aromatic heterocycles. The van der Waals surface area contributed by atoms with Gasteiger partial charge in [-0.2, -0.15) is 0 Å². The molecular formula is C16H15NO4. The van der Waals surface area contributed by atoms with Crippen molar-refractivity contribution in [1.29, 1.82) is 0 Å². The molecule has 0 aliphatic heterocycles. The van der Waals surface area contributed by atoms with Gasteiger partial charge < -0.3 is 14.8 Å². The molecule has 0 heterocycles. The molecule has 0 spiro atoms. The van der Waals surface area contributed by atoms with Gasteiger partial charge in [-0.25, -0.2) is 4.79 Å². The number of ether oxygens (including phenoxy) is 2. The van der Waals surface area contributed by atoms with E-state index in [2.05, 4.69) is 5.32 Å². The molecule has 0 atom stereocenters. The van der Waals surface area contributed by atoms with Crippen molar-refractivity contribution in [2.75, 3.05) is 19.0 Å². The van der Waals surface area contributed by atoms with Crippen LogP contribution in [-0.4, -0.2) is 25.6 Å². The van der Waals surface area contributed by atoms with Crippen LogP contribution in [0.5, 0.6) is 5.75 Å². The molecule has 2 rings (SSSR count). The summed E-state index contributed by atoms with van der Waals surface area (Å²) in [6, 6.07) is 15.5. The number of methoxy groups -OCH3 is 1. The fourth-order valence-electron chi connectivity index (χ4n) is 1.72. The highest BCUT2D eigenvalue weighted by molar-refractivity contribution is 5.96. The summed E-state index contributed by atoms with van der Waals surface area (Å²) in [7, 11) is 1.51. The molecule has 0 fully saturated rings. The van der Waals surface area contributed by atoms with E-state index in [1.54, 1.807) is 54.6 Å². The lowest BCUT2D eigenvalue weighted by Gasteiger charge is -2.10. The largest absolute Gasteiger partial charge is 0.495 e. The van der Waals surface area contributed by atoms with Gasteiger partial charge in [0.2, 0.25) is 0 Å². The monoisotopic (exact) mass is 285 g/mol. The number of hydrogen-bond donors (Lipinski definition) is 1. The van der Waals surface area contributed by atoms with E-state index in [-0.39, 0.29) is 6.61 Å². The Kier molecular flexibility index (Phi) is 4.93. The van der Waals surface area contributed by atoms with Gasteiger partial charge in [0, 0.05) is 0 Å². The Labute approximate surface area is 122 Å². The molecule has 1 N–H and O–H groups in total. The highest BCUT2D eigenvalue weighted by Gasteiger charge is 2.11. The van der Waals surface area contributed by atoms with Crippen molar-refractivity contribution in [2.24, 2.45) is 0 Å². The van der Waals surface area contributed by atoms with Crippen molar-refractivity contribution < 1.29 is 19.1 Å². The van der Waals surface area contributed by atoms with Gasteiger partial charge in [-0.05, 0) is 24.3 Å². The molecule has 5 heteroatoms. The number of carbonyl (C=O) groups is 2. The normalized spacial score (nSPS) is 9.76. The van der Waals surface area contributed by atoms with E-state index < -0.39 is 11.9 Å². The number of hydrogen-bond acceptors (Lipinski definition) is 4. The van der Waals surface area contributed by atoms with Crippen LogP contribution in [0.15, 0.2) is 54.6 Å². The zero-order valence-electron chi connectivity index (χ0n) is 11.5. The third kappa shape index (κ3) is 4.07.